The van der Waals surface area contributed by atoms with Gasteiger partial charge in [0.15, 0.2) is 11.5 Å². The van der Waals surface area contributed by atoms with Gasteiger partial charge >= 0.3 is 5.97 Å². The predicted octanol–water partition coefficient (Wildman–Crippen LogP) is 3.17. The maximum atomic E-state index is 12.4. The Bertz CT molecular complexity index is 1350. The lowest BCUT2D eigenvalue weighted by molar-refractivity contribution is -0.112. The Labute approximate surface area is 197 Å². The molecule has 10 nitrogen and oxygen atoms in total. The van der Waals surface area contributed by atoms with Gasteiger partial charge in [-0.1, -0.05) is 12.1 Å². The number of carbonyl (C=O) groups excluding carboxylic acids is 2. The molecule has 2 aromatic heterocycles. The standard InChI is InChI=1S/C20H16N4O6S3/c1-3-29-15-10-12(6-7-14(15)30-18(26)16-5-4-8-31-16)9-13(11-21)17(25)22-19-23-20(24-32-19)33(2,27)28/h4-10H,3H2,1-2H3,(H,22,23,24,25)/b13-9-. The fraction of sp³-hybridized carbons (Fsp3) is 0.150. The molecule has 3 aromatic rings. The zero-order chi connectivity index (χ0) is 24.0. The van der Waals surface area contributed by atoms with Crippen LogP contribution in [0.1, 0.15) is 22.2 Å². The Morgan fingerprint density at radius 3 is 2.67 bits per heavy atom. The second-order valence-electron chi connectivity index (χ2n) is 6.28. The highest BCUT2D eigenvalue weighted by Crippen LogP contribution is 2.30. The van der Waals surface area contributed by atoms with Crippen LogP contribution in [0, 0.1) is 11.3 Å². The molecule has 13 heteroatoms. The summed E-state index contributed by atoms with van der Waals surface area (Å²) in [6, 6.07) is 9.73. The van der Waals surface area contributed by atoms with Crippen molar-refractivity contribution in [2.24, 2.45) is 0 Å². The van der Waals surface area contributed by atoms with E-state index < -0.39 is 26.9 Å². The highest BCUT2D eigenvalue weighted by Gasteiger charge is 2.18. The topological polar surface area (TPSA) is 148 Å². The number of nitrogens with one attached hydrogen (secondary N) is 1. The summed E-state index contributed by atoms with van der Waals surface area (Å²) in [7, 11) is -3.62. The first-order valence-corrected chi connectivity index (χ1v) is 12.7. The van der Waals surface area contributed by atoms with Gasteiger partial charge in [0, 0.05) is 17.8 Å². The highest BCUT2D eigenvalue weighted by molar-refractivity contribution is 7.90. The number of sulfone groups is 1. The number of rotatable bonds is 8. The summed E-state index contributed by atoms with van der Waals surface area (Å²) in [5, 5.41) is 13.0. The number of aromatic nitrogens is 2. The molecule has 0 fully saturated rings. The van der Waals surface area contributed by atoms with E-state index in [1.54, 1.807) is 36.6 Å². The van der Waals surface area contributed by atoms with E-state index in [1.165, 1.54) is 29.5 Å². The molecule has 0 spiro atoms. The molecule has 0 bridgehead atoms. The second-order valence-corrected chi connectivity index (χ2v) is 9.89. The molecule has 0 unspecified atom stereocenters. The number of nitriles is 1. The monoisotopic (exact) mass is 504 g/mol. The van der Waals surface area contributed by atoms with Crippen molar-refractivity contribution in [2.45, 2.75) is 12.1 Å². The van der Waals surface area contributed by atoms with Crippen molar-refractivity contribution in [3.05, 3.63) is 51.7 Å². The van der Waals surface area contributed by atoms with E-state index in [0.717, 1.165) is 6.26 Å². The van der Waals surface area contributed by atoms with E-state index in [1.807, 2.05) is 0 Å². The van der Waals surface area contributed by atoms with E-state index in [-0.39, 0.29) is 22.2 Å². The molecule has 0 atom stereocenters. The predicted molar refractivity (Wildman–Crippen MR) is 122 cm³/mol. The van der Waals surface area contributed by atoms with Crippen molar-refractivity contribution >= 4 is 55.8 Å². The molecular formula is C20H16N4O6S3. The zero-order valence-electron chi connectivity index (χ0n) is 17.3. The number of thiophene rings is 1. The van der Waals surface area contributed by atoms with Crippen LogP contribution in [0.15, 0.2) is 46.4 Å². The van der Waals surface area contributed by atoms with Crippen molar-refractivity contribution < 1.29 is 27.5 Å². The van der Waals surface area contributed by atoms with E-state index in [0.29, 0.717) is 28.6 Å². The Morgan fingerprint density at radius 1 is 1.27 bits per heavy atom. The smallest absolute Gasteiger partial charge is 0.353 e. The minimum atomic E-state index is -3.62. The summed E-state index contributed by atoms with van der Waals surface area (Å²) in [5.41, 5.74) is 0.173. The van der Waals surface area contributed by atoms with Crippen LogP contribution in [-0.2, 0) is 14.6 Å². The molecule has 33 heavy (non-hydrogen) atoms. The van der Waals surface area contributed by atoms with Gasteiger partial charge in [-0.15, -0.1) is 11.3 Å². The van der Waals surface area contributed by atoms with Crippen LogP contribution < -0.4 is 14.8 Å². The number of carbonyl (C=O) groups is 2. The molecule has 170 valence electrons. The molecule has 0 aliphatic rings. The van der Waals surface area contributed by atoms with E-state index in [4.69, 9.17) is 9.47 Å². The number of hydrogen-bond donors (Lipinski definition) is 1. The maximum absolute atomic E-state index is 12.4. The largest absolute Gasteiger partial charge is 0.490 e. The summed E-state index contributed by atoms with van der Waals surface area (Å²) in [5.74, 6) is -0.870. The highest BCUT2D eigenvalue weighted by atomic mass is 32.2. The second kappa shape index (κ2) is 10.3. The van der Waals surface area contributed by atoms with Gasteiger partial charge in [0.1, 0.15) is 16.5 Å². The van der Waals surface area contributed by atoms with E-state index >= 15 is 0 Å². The van der Waals surface area contributed by atoms with Gasteiger partial charge in [0.25, 0.3) is 11.1 Å². The molecule has 1 N–H and O–H groups in total. The molecule has 2 heterocycles. The van der Waals surface area contributed by atoms with E-state index in [9.17, 15) is 23.3 Å². The van der Waals surface area contributed by atoms with Gasteiger partial charge in [0.05, 0.1) is 6.61 Å². The molecule has 3 rings (SSSR count). The molecule has 1 amide bonds. The summed E-state index contributed by atoms with van der Waals surface area (Å²) in [6.45, 7) is 2.05. The number of benzene rings is 1. The third kappa shape index (κ3) is 6.22. The molecule has 0 saturated heterocycles. The van der Waals surface area contributed by atoms with Crippen molar-refractivity contribution in [3.63, 3.8) is 0 Å². The lowest BCUT2D eigenvalue weighted by atomic mass is 10.1. The molecule has 0 radical (unpaired) electrons. The number of hydrogen-bond acceptors (Lipinski definition) is 11. The lowest BCUT2D eigenvalue weighted by Crippen LogP contribution is -2.13. The number of amides is 1. The summed E-state index contributed by atoms with van der Waals surface area (Å²) in [4.78, 5) is 28.9. The quantitative estimate of drug-likeness (QED) is 0.211. The van der Waals surface area contributed by atoms with Crippen LogP contribution in [0.4, 0.5) is 5.13 Å². The first-order valence-electron chi connectivity index (χ1n) is 9.20. The normalized spacial score (nSPS) is 11.5. The lowest BCUT2D eigenvalue weighted by Gasteiger charge is -2.11. The Morgan fingerprint density at radius 2 is 2.06 bits per heavy atom. The van der Waals surface area contributed by atoms with Crippen molar-refractivity contribution in [1.29, 1.82) is 5.26 Å². The van der Waals surface area contributed by atoms with Crippen LogP contribution in [0.25, 0.3) is 6.08 Å². The average Bonchev–Trinajstić information content (AvgIpc) is 3.46. The van der Waals surface area contributed by atoms with Crippen LogP contribution in [0.5, 0.6) is 11.5 Å². The summed E-state index contributed by atoms with van der Waals surface area (Å²) < 4.78 is 37.6. The number of esters is 1. The Balaban J connectivity index is 1.81. The zero-order valence-corrected chi connectivity index (χ0v) is 19.7. The van der Waals surface area contributed by atoms with Gasteiger partial charge in [-0.3, -0.25) is 10.1 Å². The average molecular weight is 505 g/mol. The molecule has 0 saturated carbocycles. The fourth-order valence-electron chi connectivity index (χ4n) is 2.40. The molecular weight excluding hydrogens is 488 g/mol. The minimum Gasteiger partial charge on any atom is -0.490 e. The van der Waals surface area contributed by atoms with Gasteiger partial charge < -0.3 is 9.47 Å². The van der Waals surface area contributed by atoms with Gasteiger partial charge in [-0.2, -0.15) is 14.6 Å². The van der Waals surface area contributed by atoms with Crippen LogP contribution in [-0.4, -0.2) is 42.5 Å². The maximum Gasteiger partial charge on any atom is 0.353 e. The van der Waals surface area contributed by atoms with Gasteiger partial charge in [-0.05, 0) is 42.1 Å². The van der Waals surface area contributed by atoms with Crippen molar-refractivity contribution in [3.8, 4) is 17.6 Å². The van der Waals surface area contributed by atoms with Crippen LogP contribution in [0.3, 0.4) is 0 Å². The minimum absolute atomic E-state index is 0.0626. The number of nitrogens with zero attached hydrogens (tertiary/aromatic N) is 3. The Hall–Kier alpha value is -3.60. The molecule has 1 aromatic carbocycles. The third-order valence-corrected chi connectivity index (χ3v) is 6.27. The fourth-order valence-corrected chi connectivity index (χ4v) is 4.44. The molecule has 0 aliphatic heterocycles. The first-order chi connectivity index (χ1) is 15.7. The summed E-state index contributed by atoms with van der Waals surface area (Å²) >= 11 is 1.92. The number of ether oxygens (including phenoxy) is 2. The van der Waals surface area contributed by atoms with Crippen molar-refractivity contribution in [2.75, 3.05) is 18.2 Å². The Kier molecular flexibility index (Phi) is 7.54. The first kappa shape index (κ1) is 24.1. The third-order valence-electron chi connectivity index (χ3n) is 3.83. The van der Waals surface area contributed by atoms with E-state index in [2.05, 4.69) is 14.7 Å². The van der Waals surface area contributed by atoms with Crippen LogP contribution >= 0.6 is 22.9 Å². The van der Waals surface area contributed by atoms with Crippen LogP contribution in [0.2, 0.25) is 0 Å². The molecule has 0 aliphatic carbocycles. The van der Waals surface area contributed by atoms with Gasteiger partial charge in [0.2, 0.25) is 15.0 Å². The van der Waals surface area contributed by atoms with Gasteiger partial charge in [-0.25, -0.2) is 13.2 Å². The summed E-state index contributed by atoms with van der Waals surface area (Å²) in [6.07, 6.45) is 2.25. The van der Waals surface area contributed by atoms with Crippen molar-refractivity contribution in [1.82, 2.24) is 9.36 Å². The SMILES string of the molecule is CCOc1cc(/C=C(/C#N)C(=O)Nc2nc(S(C)(=O)=O)ns2)ccc1OC(=O)c1cccs1. The number of anilines is 1.